The number of aliphatic imine (C=N–C) groups is 1. The molecule has 0 aliphatic heterocycles. The van der Waals surface area contributed by atoms with Crippen LogP contribution in [0.4, 0.5) is 0 Å². The summed E-state index contributed by atoms with van der Waals surface area (Å²) in [4.78, 5) is 4.02. The molecule has 2 nitrogen and oxygen atoms in total. The van der Waals surface area contributed by atoms with Gasteiger partial charge in [-0.15, -0.1) is 0 Å². The summed E-state index contributed by atoms with van der Waals surface area (Å²) in [5, 5.41) is 8.20. The van der Waals surface area contributed by atoms with Crippen LogP contribution in [0.25, 0.3) is 0 Å². The van der Waals surface area contributed by atoms with E-state index in [1.165, 1.54) is 0 Å². The van der Waals surface area contributed by atoms with Gasteiger partial charge in [0.05, 0.1) is 18.2 Å². The molecule has 0 aliphatic carbocycles. The summed E-state index contributed by atoms with van der Waals surface area (Å²) >= 11 is 0. The molecule has 0 amide bonds. The van der Waals surface area contributed by atoms with Crippen LogP contribution in [0, 0.1) is 11.3 Å². The Bertz CT molecular complexity index is 206. The van der Waals surface area contributed by atoms with Gasteiger partial charge in [-0.1, -0.05) is 19.6 Å². The Morgan fingerprint density at radius 3 is 2.91 bits per heavy atom. The Kier molecular flexibility index (Phi) is 5.92. The van der Waals surface area contributed by atoms with Crippen LogP contribution in [0.15, 0.2) is 29.4 Å². The average Bonchev–Trinajstić information content (AvgIpc) is 2.03. The monoisotopic (exact) mass is 148 g/mol. The van der Waals surface area contributed by atoms with Gasteiger partial charge in [0.2, 0.25) is 0 Å². The number of nitriles is 1. The molecule has 0 aromatic carbocycles. The first kappa shape index (κ1) is 9.64. The summed E-state index contributed by atoms with van der Waals surface area (Å²) in [6, 6.07) is 1.98. The minimum absolute atomic E-state index is 0.356. The van der Waals surface area contributed by atoms with Gasteiger partial charge in [-0.2, -0.15) is 5.26 Å². The standard InChI is InChI=1S/C9H12N2/c1-3-6-9(4-2)11-8-5-7-10/h4,6,8H,2-3,5H2,1H3/b9-6-,11-8-. The molecule has 0 bridgehead atoms. The molecule has 0 unspecified atom stereocenters. The van der Waals surface area contributed by atoms with Crippen molar-refractivity contribution < 1.29 is 0 Å². The Balaban J connectivity index is 3.99. The van der Waals surface area contributed by atoms with Crippen molar-refractivity contribution in [1.29, 1.82) is 5.26 Å². The molecule has 0 spiro atoms. The van der Waals surface area contributed by atoms with Crippen LogP contribution in [0.3, 0.4) is 0 Å². The van der Waals surface area contributed by atoms with Crippen molar-refractivity contribution in [2.24, 2.45) is 4.99 Å². The van der Waals surface area contributed by atoms with Crippen LogP contribution >= 0.6 is 0 Å². The molecule has 0 heterocycles. The van der Waals surface area contributed by atoms with Crippen molar-refractivity contribution >= 4 is 6.21 Å². The van der Waals surface area contributed by atoms with E-state index in [0.717, 1.165) is 12.1 Å². The van der Waals surface area contributed by atoms with Crippen molar-refractivity contribution in [1.82, 2.24) is 0 Å². The third-order valence-electron chi connectivity index (χ3n) is 1.05. The van der Waals surface area contributed by atoms with E-state index in [4.69, 9.17) is 5.26 Å². The molecule has 0 radical (unpaired) electrons. The fourth-order valence-corrected chi connectivity index (χ4v) is 0.590. The second kappa shape index (κ2) is 6.76. The fraction of sp³-hybridized carbons (Fsp3) is 0.333. The average molecular weight is 148 g/mol. The molecular weight excluding hydrogens is 136 g/mol. The topological polar surface area (TPSA) is 36.1 Å². The molecular formula is C9H12N2. The second-order valence-electron chi connectivity index (χ2n) is 1.92. The quantitative estimate of drug-likeness (QED) is 0.445. The molecule has 2 heteroatoms. The molecule has 0 fully saturated rings. The number of allylic oxidation sites excluding steroid dienone is 2. The number of hydrogen-bond donors (Lipinski definition) is 0. The first-order chi connectivity index (χ1) is 5.35. The van der Waals surface area contributed by atoms with Crippen molar-refractivity contribution in [2.75, 3.05) is 0 Å². The maximum atomic E-state index is 8.20. The van der Waals surface area contributed by atoms with Gasteiger partial charge >= 0.3 is 0 Å². The van der Waals surface area contributed by atoms with Crippen molar-refractivity contribution in [2.45, 2.75) is 19.8 Å². The smallest absolute Gasteiger partial charge is 0.0705 e. The van der Waals surface area contributed by atoms with Crippen LogP contribution in [-0.4, -0.2) is 6.21 Å². The van der Waals surface area contributed by atoms with E-state index in [1.54, 1.807) is 12.3 Å². The molecule has 0 atom stereocenters. The lowest BCUT2D eigenvalue weighted by Crippen LogP contribution is -1.74. The van der Waals surface area contributed by atoms with Crippen LogP contribution < -0.4 is 0 Å². The highest BCUT2D eigenvalue weighted by Gasteiger charge is 1.81. The van der Waals surface area contributed by atoms with Gasteiger partial charge in [0.25, 0.3) is 0 Å². The van der Waals surface area contributed by atoms with E-state index in [-0.39, 0.29) is 0 Å². The Morgan fingerprint density at radius 2 is 2.45 bits per heavy atom. The molecule has 0 saturated heterocycles. The van der Waals surface area contributed by atoms with Crippen molar-refractivity contribution in [3.63, 3.8) is 0 Å². The first-order valence-corrected chi connectivity index (χ1v) is 3.57. The highest BCUT2D eigenvalue weighted by molar-refractivity contribution is 5.62. The first-order valence-electron chi connectivity index (χ1n) is 3.57. The normalized spacial score (nSPS) is 11.5. The fourth-order valence-electron chi connectivity index (χ4n) is 0.590. The van der Waals surface area contributed by atoms with E-state index in [0.29, 0.717) is 6.42 Å². The Morgan fingerprint density at radius 1 is 1.73 bits per heavy atom. The number of nitrogens with zero attached hydrogens (tertiary/aromatic N) is 2. The van der Waals surface area contributed by atoms with Gasteiger partial charge in [-0.25, -0.2) is 0 Å². The van der Waals surface area contributed by atoms with Gasteiger partial charge in [-0.3, -0.25) is 4.99 Å². The van der Waals surface area contributed by atoms with Crippen LogP contribution in [-0.2, 0) is 0 Å². The maximum Gasteiger partial charge on any atom is 0.0705 e. The Hall–Kier alpha value is -1.36. The molecule has 58 valence electrons. The van der Waals surface area contributed by atoms with Crippen molar-refractivity contribution in [3.8, 4) is 6.07 Å². The molecule has 11 heavy (non-hydrogen) atoms. The van der Waals surface area contributed by atoms with Gasteiger partial charge in [0.1, 0.15) is 0 Å². The zero-order valence-corrected chi connectivity index (χ0v) is 6.75. The molecule has 0 N–H and O–H groups in total. The number of rotatable bonds is 4. The minimum atomic E-state index is 0.356. The van der Waals surface area contributed by atoms with E-state index >= 15 is 0 Å². The zero-order chi connectivity index (χ0) is 8.53. The summed E-state index contributed by atoms with van der Waals surface area (Å²) in [5.41, 5.74) is 0.836. The maximum absolute atomic E-state index is 8.20. The van der Waals surface area contributed by atoms with Crippen LogP contribution in [0.1, 0.15) is 19.8 Å². The van der Waals surface area contributed by atoms with Gasteiger partial charge in [-0.05, 0) is 12.5 Å². The Labute approximate surface area is 67.6 Å². The van der Waals surface area contributed by atoms with E-state index in [9.17, 15) is 0 Å². The van der Waals surface area contributed by atoms with Crippen molar-refractivity contribution in [3.05, 3.63) is 24.4 Å². The predicted octanol–water partition coefficient (Wildman–Crippen LogP) is 2.45. The highest BCUT2D eigenvalue weighted by Crippen LogP contribution is 1.98. The molecule has 0 aliphatic rings. The van der Waals surface area contributed by atoms with Gasteiger partial charge in [0.15, 0.2) is 0 Å². The van der Waals surface area contributed by atoms with Crippen LogP contribution in [0.5, 0.6) is 0 Å². The van der Waals surface area contributed by atoms with E-state index in [2.05, 4.69) is 11.6 Å². The minimum Gasteiger partial charge on any atom is -0.261 e. The molecule has 0 saturated carbocycles. The summed E-state index contributed by atoms with van der Waals surface area (Å²) < 4.78 is 0. The number of hydrogen-bond acceptors (Lipinski definition) is 2. The largest absolute Gasteiger partial charge is 0.261 e. The predicted molar refractivity (Wildman–Crippen MR) is 47.3 cm³/mol. The molecule has 0 rings (SSSR count). The third-order valence-corrected chi connectivity index (χ3v) is 1.05. The summed E-state index contributed by atoms with van der Waals surface area (Å²) in [5.74, 6) is 0. The summed E-state index contributed by atoms with van der Waals surface area (Å²) in [6.07, 6.45) is 6.52. The lowest BCUT2D eigenvalue weighted by molar-refractivity contribution is 1.18. The van der Waals surface area contributed by atoms with E-state index < -0.39 is 0 Å². The lowest BCUT2D eigenvalue weighted by Gasteiger charge is -1.88. The zero-order valence-electron chi connectivity index (χ0n) is 6.75. The summed E-state index contributed by atoms with van der Waals surface area (Å²) in [6.45, 7) is 5.62. The third kappa shape index (κ3) is 5.10. The van der Waals surface area contributed by atoms with Gasteiger partial charge < -0.3 is 0 Å². The van der Waals surface area contributed by atoms with Gasteiger partial charge in [0, 0.05) is 6.21 Å². The molecule has 0 aromatic rings. The van der Waals surface area contributed by atoms with E-state index in [1.807, 2.05) is 19.1 Å². The lowest BCUT2D eigenvalue weighted by atomic mass is 10.3. The van der Waals surface area contributed by atoms with Crippen LogP contribution in [0.2, 0.25) is 0 Å². The molecule has 0 aromatic heterocycles. The summed E-state index contributed by atoms with van der Waals surface area (Å²) in [7, 11) is 0. The SMILES string of the molecule is C=CC(=C/CC)/N=C\CC#N. The second-order valence-corrected chi connectivity index (χ2v) is 1.92. The highest BCUT2D eigenvalue weighted by atomic mass is 14.7.